The molecule has 0 aliphatic carbocycles. The molecule has 0 N–H and O–H groups in total. The zero-order valence-corrected chi connectivity index (χ0v) is 15.1. The van der Waals surface area contributed by atoms with E-state index in [9.17, 15) is 16.8 Å². The number of hydrogen-bond acceptors (Lipinski definition) is 4. The molecule has 0 unspecified atom stereocenters. The minimum atomic E-state index is -3.49. The van der Waals surface area contributed by atoms with Crippen molar-refractivity contribution >= 4 is 40.5 Å². The van der Waals surface area contributed by atoms with Gasteiger partial charge in [0.25, 0.3) is 0 Å². The third-order valence-electron chi connectivity index (χ3n) is 2.27. The molecule has 0 saturated carbocycles. The first kappa shape index (κ1) is 15.8. The van der Waals surface area contributed by atoms with Gasteiger partial charge in [0.1, 0.15) is 0 Å². The molecule has 0 aromatic heterocycles. The molecule has 2 aromatic carbocycles. The van der Waals surface area contributed by atoms with Crippen molar-refractivity contribution in [1.82, 2.24) is 0 Å². The van der Waals surface area contributed by atoms with Gasteiger partial charge in [0.2, 0.25) is 0 Å². The molecule has 0 fully saturated rings. The van der Waals surface area contributed by atoms with Crippen molar-refractivity contribution < 1.29 is 16.8 Å². The molecule has 20 heavy (non-hydrogen) atoms. The van der Waals surface area contributed by atoms with Crippen LogP contribution in [0.25, 0.3) is 0 Å². The van der Waals surface area contributed by atoms with Crippen LogP contribution in [0.2, 0.25) is 0 Å². The summed E-state index contributed by atoms with van der Waals surface area (Å²) in [7, 11) is -6.98. The third kappa shape index (κ3) is 3.94. The van der Waals surface area contributed by atoms with Crippen LogP contribution in [0, 0.1) is 0 Å². The summed E-state index contributed by atoms with van der Waals surface area (Å²) >= 11 is -1.98. The summed E-state index contributed by atoms with van der Waals surface area (Å²) in [4.78, 5) is 0.371. The summed E-state index contributed by atoms with van der Waals surface area (Å²) < 4.78 is 48.4. The van der Waals surface area contributed by atoms with Crippen LogP contribution in [0.4, 0.5) is 0 Å². The molecule has 0 radical (unpaired) electrons. The van der Waals surface area contributed by atoms with Crippen LogP contribution in [-0.2, 0) is 16.5 Å². The van der Waals surface area contributed by atoms with Crippen molar-refractivity contribution in [2.45, 2.75) is 9.79 Å². The first-order chi connectivity index (χ1) is 9.42. The zero-order chi connectivity index (χ0) is 14.6. The van der Waals surface area contributed by atoms with Gasteiger partial charge in [-0.25, -0.2) is 0 Å². The fourth-order valence-electron chi connectivity index (χ4n) is 1.33. The fraction of sp³-hybridized carbons (Fsp3) is 0. The predicted molar refractivity (Wildman–Crippen MR) is 78.8 cm³/mol. The van der Waals surface area contributed by atoms with Crippen LogP contribution < -0.4 is 0 Å². The van der Waals surface area contributed by atoms with E-state index in [0.717, 1.165) is 0 Å². The molecule has 2 rings (SSSR count). The van der Waals surface area contributed by atoms with Crippen LogP contribution in [0.3, 0.4) is 0 Å². The molecule has 0 aliphatic heterocycles. The number of rotatable bonds is 5. The van der Waals surface area contributed by atoms with E-state index in [1.807, 2.05) is 0 Å². The Labute approximate surface area is 127 Å². The van der Waals surface area contributed by atoms with Gasteiger partial charge in [-0.15, -0.1) is 0 Å². The van der Waals surface area contributed by atoms with E-state index in [-0.39, 0.29) is 9.79 Å². The maximum atomic E-state index is 12.1. The molecule has 8 heteroatoms. The summed E-state index contributed by atoms with van der Waals surface area (Å²) in [6, 6.07) is 15.9. The first-order valence-electron chi connectivity index (χ1n) is 5.40. The standard InChI is InChI=1S/C12H10O4S2Se2/c13-17(14,11-7-3-1-4-8-11)19-20-18(15,16)12-9-5-2-6-10-12/h1-10H. The van der Waals surface area contributed by atoms with E-state index in [1.165, 1.54) is 24.3 Å². The Morgan fingerprint density at radius 3 is 1.15 bits per heavy atom. The second-order valence-corrected chi connectivity index (χ2v) is 22.8. The molecular weight excluding hydrogens is 430 g/mol. The zero-order valence-electron chi connectivity index (χ0n) is 10.0. The Bertz CT molecular complexity index is 703. The maximum absolute atomic E-state index is 12.1. The Hall–Kier alpha value is -0.621. The molecule has 4 nitrogen and oxygen atoms in total. The van der Waals surface area contributed by atoms with Crippen LogP contribution in [0.15, 0.2) is 70.5 Å². The van der Waals surface area contributed by atoms with Crippen LogP contribution in [0.5, 0.6) is 0 Å². The van der Waals surface area contributed by atoms with Gasteiger partial charge in [0, 0.05) is 0 Å². The predicted octanol–water partition coefficient (Wildman–Crippen LogP) is 1.09. The molecule has 0 atom stereocenters. The normalized spacial score (nSPS) is 12.2. The second-order valence-electron chi connectivity index (χ2n) is 3.67. The van der Waals surface area contributed by atoms with Crippen molar-refractivity contribution in [3.63, 3.8) is 0 Å². The summed E-state index contributed by atoms with van der Waals surface area (Å²) in [5.41, 5.74) is 0. The van der Waals surface area contributed by atoms with E-state index in [2.05, 4.69) is 0 Å². The second kappa shape index (κ2) is 6.43. The summed E-state index contributed by atoms with van der Waals surface area (Å²) in [6.07, 6.45) is 0. The van der Waals surface area contributed by atoms with Crippen molar-refractivity contribution in [2.75, 3.05) is 0 Å². The van der Waals surface area contributed by atoms with E-state index >= 15 is 0 Å². The van der Waals surface area contributed by atoms with E-state index < -0.39 is 40.5 Å². The molecule has 0 saturated heterocycles. The SMILES string of the molecule is O=S(=O)([Se][Se]S(=O)(=O)c1ccccc1)c1ccccc1. The quantitative estimate of drug-likeness (QED) is 0.653. The average Bonchev–Trinajstić information content (AvgIpc) is 2.47. The van der Waals surface area contributed by atoms with Crippen molar-refractivity contribution in [1.29, 1.82) is 0 Å². The van der Waals surface area contributed by atoms with Gasteiger partial charge in [0.05, 0.1) is 0 Å². The van der Waals surface area contributed by atoms with Gasteiger partial charge in [-0.05, 0) is 0 Å². The molecule has 0 aliphatic rings. The van der Waals surface area contributed by atoms with Gasteiger partial charge in [-0.3, -0.25) is 0 Å². The van der Waals surface area contributed by atoms with Gasteiger partial charge >= 0.3 is 128 Å². The fourth-order valence-corrected chi connectivity index (χ4v) is 27.7. The summed E-state index contributed by atoms with van der Waals surface area (Å²) in [5, 5.41) is 0. The average molecular weight is 440 g/mol. The molecule has 106 valence electrons. The van der Waals surface area contributed by atoms with E-state index in [0.29, 0.717) is 0 Å². The molecule has 2 aromatic rings. The van der Waals surface area contributed by atoms with Crippen molar-refractivity contribution in [3.8, 4) is 0 Å². The number of benzene rings is 2. The minimum absolute atomic E-state index is 0.185. The Morgan fingerprint density at radius 2 is 0.850 bits per heavy atom. The van der Waals surface area contributed by atoms with Gasteiger partial charge in [0.15, 0.2) is 0 Å². The Kier molecular flexibility index (Phi) is 5.07. The monoisotopic (exact) mass is 442 g/mol. The summed E-state index contributed by atoms with van der Waals surface area (Å²) in [6.45, 7) is 0. The van der Waals surface area contributed by atoms with Crippen LogP contribution in [0.1, 0.15) is 0 Å². The van der Waals surface area contributed by atoms with Gasteiger partial charge in [-0.2, -0.15) is 0 Å². The topological polar surface area (TPSA) is 68.3 Å². The van der Waals surface area contributed by atoms with Crippen molar-refractivity contribution in [3.05, 3.63) is 60.7 Å². The van der Waals surface area contributed by atoms with Crippen LogP contribution in [-0.4, -0.2) is 40.9 Å². The molecule has 0 spiro atoms. The third-order valence-corrected chi connectivity index (χ3v) is 27.4. The van der Waals surface area contributed by atoms with E-state index in [4.69, 9.17) is 0 Å². The first-order valence-corrected chi connectivity index (χ1v) is 16.7. The molecule has 0 bridgehead atoms. The van der Waals surface area contributed by atoms with E-state index in [1.54, 1.807) is 36.4 Å². The number of hydrogen-bond donors (Lipinski definition) is 0. The van der Waals surface area contributed by atoms with Gasteiger partial charge < -0.3 is 0 Å². The van der Waals surface area contributed by atoms with Crippen molar-refractivity contribution in [2.24, 2.45) is 0 Å². The van der Waals surface area contributed by atoms with Crippen LogP contribution >= 0.6 is 0 Å². The van der Waals surface area contributed by atoms with Gasteiger partial charge in [-0.1, -0.05) is 0 Å². The Balaban J connectivity index is 2.17. The Morgan fingerprint density at radius 1 is 0.550 bits per heavy atom. The summed E-state index contributed by atoms with van der Waals surface area (Å²) in [5.74, 6) is 0. The molecular formula is C12H10O4S2Se2. The molecule has 0 amide bonds. The molecule has 0 heterocycles.